The van der Waals surface area contributed by atoms with Gasteiger partial charge in [-0.1, -0.05) is 29.8 Å². The lowest BCUT2D eigenvalue weighted by molar-refractivity contribution is -0.117. The van der Waals surface area contributed by atoms with Crippen LogP contribution in [0.5, 0.6) is 0 Å². The summed E-state index contributed by atoms with van der Waals surface area (Å²) in [5.74, 6) is 1.26. The fraction of sp³-hybridized carbons (Fsp3) is 0.321. The number of pyridine rings is 2. The van der Waals surface area contributed by atoms with Gasteiger partial charge in [-0.2, -0.15) is 0 Å². The van der Waals surface area contributed by atoms with Crippen molar-refractivity contribution in [2.24, 2.45) is 5.92 Å². The third-order valence-electron chi connectivity index (χ3n) is 7.06. The zero-order valence-electron chi connectivity index (χ0n) is 19.8. The smallest absolute Gasteiger partial charge is 0.229 e. The average molecular weight is 502 g/mol. The summed E-state index contributed by atoms with van der Waals surface area (Å²) in [6.07, 6.45) is 9.24. The van der Waals surface area contributed by atoms with Crippen molar-refractivity contribution in [1.82, 2.24) is 14.4 Å². The summed E-state index contributed by atoms with van der Waals surface area (Å²) in [5, 5.41) is 13.4. The minimum atomic E-state index is -0.0824. The van der Waals surface area contributed by atoms with Crippen molar-refractivity contribution >= 4 is 34.7 Å². The minimum Gasteiger partial charge on any atom is -0.395 e. The molecule has 2 fully saturated rings. The van der Waals surface area contributed by atoms with E-state index in [0.717, 1.165) is 29.0 Å². The molecular formula is C28H28ClN5O2. The molecule has 6 rings (SSSR count). The number of aliphatic hydroxyl groups is 1. The van der Waals surface area contributed by atoms with Crippen LogP contribution < -0.4 is 10.2 Å². The lowest BCUT2D eigenvalue weighted by Gasteiger charge is -2.23. The Morgan fingerprint density at radius 3 is 2.83 bits per heavy atom. The molecule has 7 nitrogen and oxygen atoms in total. The molecule has 3 aromatic heterocycles. The van der Waals surface area contributed by atoms with Crippen LogP contribution in [0.15, 0.2) is 67.1 Å². The molecule has 2 N–H and O–H groups in total. The van der Waals surface area contributed by atoms with E-state index in [2.05, 4.69) is 39.2 Å². The van der Waals surface area contributed by atoms with Gasteiger partial charge in [-0.25, -0.2) is 9.97 Å². The highest BCUT2D eigenvalue weighted by Crippen LogP contribution is 2.48. The molecule has 4 aromatic rings. The van der Waals surface area contributed by atoms with Crippen LogP contribution >= 0.6 is 11.6 Å². The summed E-state index contributed by atoms with van der Waals surface area (Å²) >= 11 is 6.11. The van der Waals surface area contributed by atoms with Gasteiger partial charge in [-0.15, -0.1) is 0 Å². The van der Waals surface area contributed by atoms with Crippen molar-refractivity contribution < 1.29 is 9.90 Å². The normalized spacial score (nSPS) is 18.8. The summed E-state index contributed by atoms with van der Waals surface area (Å²) < 4.78 is 2.09. The Bertz CT molecular complexity index is 1420. The predicted octanol–water partition coefficient (Wildman–Crippen LogP) is 5.00. The molecule has 1 amide bonds. The van der Waals surface area contributed by atoms with Crippen molar-refractivity contribution in [3.05, 3.63) is 89.0 Å². The number of nitrogens with one attached hydrogen (secondary N) is 1. The lowest BCUT2D eigenvalue weighted by atomic mass is 10.1. The van der Waals surface area contributed by atoms with E-state index in [1.807, 2.05) is 41.3 Å². The first-order chi connectivity index (χ1) is 17.6. The number of imidazole rings is 1. The average Bonchev–Trinajstić information content (AvgIpc) is 3.80. The highest BCUT2D eigenvalue weighted by Gasteiger charge is 2.44. The van der Waals surface area contributed by atoms with Crippen molar-refractivity contribution in [1.29, 1.82) is 0 Å². The zero-order chi connectivity index (χ0) is 24.6. The van der Waals surface area contributed by atoms with Crippen LogP contribution in [0.25, 0.3) is 5.65 Å². The van der Waals surface area contributed by atoms with E-state index in [-0.39, 0.29) is 24.3 Å². The van der Waals surface area contributed by atoms with E-state index in [1.54, 1.807) is 6.20 Å². The number of aromatic nitrogens is 3. The lowest BCUT2D eigenvalue weighted by Crippen LogP contribution is -2.26. The Morgan fingerprint density at radius 2 is 2.03 bits per heavy atom. The van der Waals surface area contributed by atoms with E-state index in [4.69, 9.17) is 16.6 Å². The van der Waals surface area contributed by atoms with Gasteiger partial charge in [0.2, 0.25) is 5.91 Å². The van der Waals surface area contributed by atoms with Gasteiger partial charge < -0.3 is 19.7 Å². The SMILES string of the molecule is O=C(Nc1cc(N(CCO)Cc2cn3cc(C4CC4)ccc3n2)ccn1)[C@H]1C[C@@H]1c1cccc(Cl)c1. The molecular weight excluding hydrogens is 474 g/mol. The first-order valence-electron chi connectivity index (χ1n) is 12.4. The summed E-state index contributed by atoms with van der Waals surface area (Å²) in [5.41, 5.74) is 5.16. The van der Waals surface area contributed by atoms with Gasteiger partial charge >= 0.3 is 0 Å². The molecule has 2 atom stereocenters. The highest BCUT2D eigenvalue weighted by molar-refractivity contribution is 6.30. The first-order valence-corrected chi connectivity index (χ1v) is 12.8. The maximum atomic E-state index is 12.9. The third-order valence-corrected chi connectivity index (χ3v) is 7.29. The molecule has 8 heteroatoms. The van der Waals surface area contributed by atoms with Gasteiger partial charge in [-0.05, 0) is 66.5 Å². The number of fused-ring (bicyclic) bond motifs is 1. The van der Waals surface area contributed by atoms with E-state index in [0.29, 0.717) is 29.8 Å². The second-order valence-electron chi connectivity index (χ2n) is 9.77. The summed E-state index contributed by atoms with van der Waals surface area (Å²) in [6.45, 7) is 0.989. The predicted molar refractivity (Wildman–Crippen MR) is 140 cm³/mol. The van der Waals surface area contributed by atoms with Crippen LogP contribution in [0.4, 0.5) is 11.5 Å². The fourth-order valence-electron chi connectivity index (χ4n) is 4.91. The molecule has 184 valence electrons. The standard InChI is InChI=1S/C28H28ClN5O2/c29-21-3-1-2-19(12-21)24-14-25(24)28(36)32-26-13-23(8-9-30-26)33(10-11-35)16-22-17-34-15-20(18-4-5-18)6-7-27(34)31-22/h1-3,6-9,12-13,15,17-18,24-25,35H,4-5,10-11,14,16H2,(H,30,32,36)/t24-,25+/m1/s1. The maximum absolute atomic E-state index is 12.9. The number of carbonyl (C=O) groups is 1. The van der Waals surface area contributed by atoms with Crippen LogP contribution in [0, 0.1) is 5.92 Å². The van der Waals surface area contributed by atoms with Gasteiger partial charge in [0.1, 0.15) is 11.5 Å². The number of halogens is 1. The largest absolute Gasteiger partial charge is 0.395 e. The molecule has 0 unspecified atom stereocenters. The number of hydrogen-bond donors (Lipinski definition) is 2. The Morgan fingerprint density at radius 1 is 1.14 bits per heavy atom. The number of aliphatic hydroxyl groups excluding tert-OH is 1. The van der Waals surface area contributed by atoms with Crippen LogP contribution in [0.1, 0.15) is 47.9 Å². The zero-order valence-corrected chi connectivity index (χ0v) is 20.6. The molecule has 2 aliphatic rings. The van der Waals surface area contributed by atoms with E-state index < -0.39 is 0 Å². The van der Waals surface area contributed by atoms with Crippen LogP contribution in [-0.4, -0.2) is 38.5 Å². The van der Waals surface area contributed by atoms with Gasteiger partial charge in [0.05, 0.1) is 18.8 Å². The molecule has 36 heavy (non-hydrogen) atoms. The third kappa shape index (κ3) is 4.94. The molecule has 0 radical (unpaired) electrons. The summed E-state index contributed by atoms with van der Waals surface area (Å²) in [4.78, 5) is 24.0. The highest BCUT2D eigenvalue weighted by atomic mass is 35.5. The second-order valence-corrected chi connectivity index (χ2v) is 10.2. The van der Waals surface area contributed by atoms with Gasteiger partial charge in [0.15, 0.2) is 0 Å². The molecule has 0 aliphatic heterocycles. The van der Waals surface area contributed by atoms with E-state index in [9.17, 15) is 9.90 Å². The van der Waals surface area contributed by atoms with Gasteiger partial charge in [-0.3, -0.25) is 4.79 Å². The van der Waals surface area contributed by atoms with Crippen molar-refractivity contribution in [3.8, 4) is 0 Å². The maximum Gasteiger partial charge on any atom is 0.229 e. The molecule has 2 saturated carbocycles. The Labute approximate surface area is 214 Å². The van der Waals surface area contributed by atoms with Crippen LogP contribution in [0.3, 0.4) is 0 Å². The molecule has 3 heterocycles. The van der Waals surface area contributed by atoms with E-state index in [1.165, 1.54) is 18.4 Å². The number of anilines is 2. The minimum absolute atomic E-state index is 0.00655. The number of amides is 1. The topological polar surface area (TPSA) is 82.8 Å². The van der Waals surface area contributed by atoms with Crippen LogP contribution in [-0.2, 0) is 11.3 Å². The van der Waals surface area contributed by atoms with Gasteiger partial charge in [0, 0.05) is 47.8 Å². The first kappa shape index (κ1) is 23.0. The quantitative estimate of drug-likeness (QED) is 0.337. The van der Waals surface area contributed by atoms with Crippen LogP contribution in [0.2, 0.25) is 5.02 Å². The Hall–Kier alpha value is -3.42. The molecule has 1 aromatic carbocycles. The molecule has 0 spiro atoms. The number of hydrogen-bond acceptors (Lipinski definition) is 5. The van der Waals surface area contributed by atoms with Crippen molar-refractivity contribution in [2.75, 3.05) is 23.4 Å². The van der Waals surface area contributed by atoms with E-state index >= 15 is 0 Å². The molecule has 0 saturated heterocycles. The number of carbonyl (C=O) groups excluding carboxylic acids is 1. The number of rotatable bonds is 9. The number of benzene rings is 1. The summed E-state index contributed by atoms with van der Waals surface area (Å²) in [6, 6.07) is 15.7. The monoisotopic (exact) mass is 501 g/mol. The van der Waals surface area contributed by atoms with Crippen molar-refractivity contribution in [3.63, 3.8) is 0 Å². The van der Waals surface area contributed by atoms with Gasteiger partial charge in [0.25, 0.3) is 0 Å². The number of nitrogens with zero attached hydrogens (tertiary/aromatic N) is 4. The summed E-state index contributed by atoms with van der Waals surface area (Å²) in [7, 11) is 0. The fourth-order valence-corrected chi connectivity index (χ4v) is 5.10. The van der Waals surface area contributed by atoms with Crippen molar-refractivity contribution in [2.45, 2.75) is 37.6 Å². The Kier molecular flexibility index (Phi) is 6.11. The molecule has 2 aliphatic carbocycles. The second kappa shape index (κ2) is 9.56. The molecule has 0 bridgehead atoms. The Balaban J connectivity index is 1.15.